The highest BCUT2D eigenvalue weighted by atomic mass is 35.5. The number of benzene rings is 2. The van der Waals surface area contributed by atoms with Gasteiger partial charge in [0.15, 0.2) is 5.11 Å². The molecule has 0 saturated carbocycles. The van der Waals surface area contributed by atoms with Crippen molar-refractivity contribution >= 4 is 57.8 Å². The second-order valence-electron chi connectivity index (χ2n) is 7.24. The molecule has 1 heterocycles. The Balaban J connectivity index is 1.47. The first-order chi connectivity index (χ1) is 13.8. The Hall–Kier alpha value is -1.86. The van der Waals surface area contributed by atoms with E-state index >= 15 is 0 Å². The van der Waals surface area contributed by atoms with Crippen LogP contribution in [0.25, 0.3) is 0 Å². The van der Waals surface area contributed by atoms with Gasteiger partial charge in [0.2, 0.25) is 5.91 Å². The van der Waals surface area contributed by atoms with E-state index in [0.717, 1.165) is 48.7 Å². The first-order valence-corrected chi connectivity index (χ1v) is 10.6. The third-order valence-electron chi connectivity index (χ3n) is 4.70. The van der Waals surface area contributed by atoms with Crippen LogP contribution in [0.15, 0.2) is 36.4 Å². The van der Waals surface area contributed by atoms with Gasteiger partial charge in [0.25, 0.3) is 0 Å². The van der Waals surface area contributed by atoms with Crippen LogP contribution in [-0.4, -0.2) is 53.5 Å². The molecule has 0 aliphatic carbocycles. The fourth-order valence-corrected chi connectivity index (χ4v) is 4.09. The molecule has 2 aromatic rings. The van der Waals surface area contributed by atoms with Gasteiger partial charge in [0.1, 0.15) is 0 Å². The number of hydrogen-bond acceptors (Lipinski definition) is 3. The molecular formula is C21H24Cl2N4OS. The molecule has 0 atom stereocenters. The minimum atomic E-state index is -0.00269. The van der Waals surface area contributed by atoms with Crippen LogP contribution in [0, 0.1) is 13.8 Å². The van der Waals surface area contributed by atoms with Gasteiger partial charge in [-0.15, -0.1) is 0 Å². The highest BCUT2D eigenvalue weighted by Gasteiger charge is 2.21. The smallest absolute Gasteiger partial charge is 0.238 e. The van der Waals surface area contributed by atoms with E-state index in [1.54, 1.807) is 12.1 Å². The summed E-state index contributed by atoms with van der Waals surface area (Å²) in [4.78, 5) is 16.6. The fraction of sp³-hybridized carbons (Fsp3) is 0.333. The van der Waals surface area contributed by atoms with Crippen molar-refractivity contribution in [3.8, 4) is 0 Å². The predicted octanol–water partition coefficient (Wildman–Crippen LogP) is 4.56. The topological polar surface area (TPSA) is 47.6 Å². The number of halogens is 2. The maximum atomic E-state index is 12.4. The summed E-state index contributed by atoms with van der Waals surface area (Å²) in [6.07, 6.45) is 0. The van der Waals surface area contributed by atoms with E-state index in [1.807, 2.05) is 32.0 Å². The number of piperazine rings is 1. The van der Waals surface area contributed by atoms with Gasteiger partial charge in [-0.05, 0) is 67.5 Å². The lowest BCUT2D eigenvalue weighted by molar-refractivity contribution is -0.117. The highest BCUT2D eigenvalue weighted by Crippen LogP contribution is 2.25. The monoisotopic (exact) mass is 450 g/mol. The van der Waals surface area contributed by atoms with Gasteiger partial charge in [0.05, 0.1) is 17.3 Å². The number of carbonyl (C=O) groups excluding carboxylic acids is 1. The maximum absolute atomic E-state index is 12.4. The van der Waals surface area contributed by atoms with Crippen LogP contribution in [0.5, 0.6) is 0 Å². The number of rotatable bonds is 4. The Bertz CT molecular complexity index is 893. The minimum Gasteiger partial charge on any atom is -0.346 e. The molecule has 1 amide bonds. The van der Waals surface area contributed by atoms with Gasteiger partial charge >= 0.3 is 0 Å². The number of aryl methyl sites for hydroxylation is 2. The average molecular weight is 451 g/mol. The van der Waals surface area contributed by atoms with Crippen molar-refractivity contribution in [2.24, 2.45) is 0 Å². The highest BCUT2D eigenvalue weighted by molar-refractivity contribution is 7.80. The summed E-state index contributed by atoms with van der Waals surface area (Å²) in [7, 11) is 0. The third-order valence-corrected chi connectivity index (χ3v) is 5.61. The SMILES string of the molecule is Cc1cc(C)cc(NC(=O)CN2CCN(C(=S)Nc3ccc(Cl)cc3Cl)CC2)c1. The molecular weight excluding hydrogens is 427 g/mol. The summed E-state index contributed by atoms with van der Waals surface area (Å²) in [5.74, 6) is -0.00269. The molecule has 0 aromatic heterocycles. The second kappa shape index (κ2) is 9.76. The van der Waals surface area contributed by atoms with Crippen LogP contribution in [0.4, 0.5) is 11.4 Å². The number of hydrogen-bond donors (Lipinski definition) is 2. The summed E-state index contributed by atoms with van der Waals surface area (Å²) < 4.78 is 0. The van der Waals surface area contributed by atoms with E-state index in [2.05, 4.69) is 26.5 Å². The van der Waals surface area contributed by atoms with Crippen LogP contribution in [0.2, 0.25) is 10.0 Å². The van der Waals surface area contributed by atoms with Crippen molar-refractivity contribution in [2.45, 2.75) is 13.8 Å². The van der Waals surface area contributed by atoms with Crippen molar-refractivity contribution in [3.05, 3.63) is 57.6 Å². The van der Waals surface area contributed by atoms with Gasteiger partial charge < -0.3 is 15.5 Å². The standard InChI is InChI=1S/C21H24Cl2N4OS/c1-14-9-15(2)11-17(10-14)24-20(28)13-26-5-7-27(8-6-26)21(29)25-19-4-3-16(22)12-18(19)23/h3-4,9-12H,5-8,13H2,1-2H3,(H,24,28)(H,25,29). The lowest BCUT2D eigenvalue weighted by Crippen LogP contribution is -2.51. The van der Waals surface area contributed by atoms with Crippen LogP contribution < -0.4 is 10.6 Å². The molecule has 0 radical (unpaired) electrons. The van der Waals surface area contributed by atoms with Crippen LogP contribution >= 0.6 is 35.4 Å². The average Bonchev–Trinajstić information content (AvgIpc) is 2.63. The number of anilines is 2. The van der Waals surface area contributed by atoms with Crippen molar-refractivity contribution in [1.82, 2.24) is 9.80 Å². The zero-order chi connectivity index (χ0) is 21.0. The molecule has 154 valence electrons. The Morgan fingerprint density at radius 3 is 2.28 bits per heavy atom. The first-order valence-electron chi connectivity index (χ1n) is 9.41. The minimum absolute atomic E-state index is 0.00269. The molecule has 1 saturated heterocycles. The molecule has 1 aliphatic heterocycles. The number of thiocarbonyl (C=S) groups is 1. The van der Waals surface area contributed by atoms with E-state index in [9.17, 15) is 4.79 Å². The Morgan fingerprint density at radius 2 is 1.66 bits per heavy atom. The summed E-state index contributed by atoms with van der Waals surface area (Å²) in [6.45, 7) is 7.42. The van der Waals surface area contributed by atoms with Gasteiger partial charge in [-0.25, -0.2) is 0 Å². The number of carbonyl (C=O) groups is 1. The summed E-state index contributed by atoms with van der Waals surface area (Å²) in [6, 6.07) is 11.3. The Labute approximate surface area is 187 Å². The van der Waals surface area contributed by atoms with Gasteiger partial charge in [-0.2, -0.15) is 0 Å². The molecule has 2 aromatic carbocycles. The van der Waals surface area contributed by atoms with Crippen LogP contribution in [0.1, 0.15) is 11.1 Å². The quantitative estimate of drug-likeness (QED) is 0.668. The largest absolute Gasteiger partial charge is 0.346 e. The molecule has 8 heteroatoms. The molecule has 3 rings (SSSR count). The molecule has 1 aliphatic rings. The van der Waals surface area contributed by atoms with Crippen LogP contribution in [-0.2, 0) is 4.79 Å². The zero-order valence-electron chi connectivity index (χ0n) is 16.5. The van der Waals surface area contributed by atoms with E-state index in [0.29, 0.717) is 21.7 Å². The summed E-state index contributed by atoms with van der Waals surface area (Å²) in [5, 5.41) is 7.90. The van der Waals surface area contributed by atoms with E-state index in [-0.39, 0.29) is 5.91 Å². The maximum Gasteiger partial charge on any atom is 0.238 e. The first kappa shape index (κ1) is 21.8. The van der Waals surface area contributed by atoms with Crippen molar-refractivity contribution in [1.29, 1.82) is 0 Å². The number of amides is 1. The molecule has 0 bridgehead atoms. The normalized spacial score (nSPS) is 14.6. The van der Waals surface area contributed by atoms with Gasteiger partial charge in [0, 0.05) is 36.9 Å². The van der Waals surface area contributed by atoms with Gasteiger partial charge in [-0.3, -0.25) is 9.69 Å². The Morgan fingerprint density at radius 1 is 1.00 bits per heavy atom. The van der Waals surface area contributed by atoms with Crippen molar-refractivity contribution in [3.63, 3.8) is 0 Å². The second-order valence-corrected chi connectivity index (χ2v) is 8.47. The summed E-state index contributed by atoms with van der Waals surface area (Å²) >= 11 is 17.6. The molecule has 5 nitrogen and oxygen atoms in total. The number of nitrogens with one attached hydrogen (secondary N) is 2. The molecule has 2 N–H and O–H groups in total. The molecule has 0 unspecified atom stereocenters. The predicted molar refractivity (Wildman–Crippen MR) is 125 cm³/mol. The van der Waals surface area contributed by atoms with E-state index in [1.165, 1.54) is 0 Å². The molecule has 0 spiro atoms. The number of nitrogens with zero attached hydrogens (tertiary/aromatic N) is 2. The van der Waals surface area contributed by atoms with Crippen LogP contribution in [0.3, 0.4) is 0 Å². The van der Waals surface area contributed by atoms with Gasteiger partial charge in [-0.1, -0.05) is 29.3 Å². The van der Waals surface area contributed by atoms with E-state index in [4.69, 9.17) is 35.4 Å². The lowest BCUT2D eigenvalue weighted by Gasteiger charge is -2.35. The lowest BCUT2D eigenvalue weighted by atomic mass is 10.1. The fourth-order valence-electron chi connectivity index (χ4n) is 3.34. The zero-order valence-corrected chi connectivity index (χ0v) is 18.8. The molecule has 29 heavy (non-hydrogen) atoms. The van der Waals surface area contributed by atoms with Crippen molar-refractivity contribution < 1.29 is 4.79 Å². The van der Waals surface area contributed by atoms with Crippen molar-refractivity contribution in [2.75, 3.05) is 43.4 Å². The third kappa shape index (κ3) is 6.31. The van der Waals surface area contributed by atoms with E-state index < -0.39 is 0 Å². The molecule has 1 fully saturated rings. The summed E-state index contributed by atoms with van der Waals surface area (Å²) in [5.41, 5.74) is 3.85. The Kier molecular flexibility index (Phi) is 7.35.